The molecule has 0 spiro atoms. The average molecular weight is 292 g/mol. The molecule has 4 heteroatoms. The SMILES string of the molecule is CNC(C)Cc1ccc(OCC(=O)NC(C)C(C)C)cc1. The predicted molar refractivity (Wildman–Crippen MR) is 86.6 cm³/mol. The topological polar surface area (TPSA) is 50.4 Å². The average Bonchev–Trinajstić information content (AvgIpc) is 2.46. The number of benzene rings is 1. The number of rotatable bonds is 8. The molecule has 0 radical (unpaired) electrons. The summed E-state index contributed by atoms with van der Waals surface area (Å²) >= 11 is 0. The number of carbonyl (C=O) groups is 1. The van der Waals surface area contributed by atoms with Crippen LogP contribution in [0.3, 0.4) is 0 Å². The zero-order valence-electron chi connectivity index (χ0n) is 13.8. The van der Waals surface area contributed by atoms with Gasteiger partial charge in [-0.3, -0.25) is 4.79 Å². The lowest BCUT2D eigenvalue weighted by Gasteiger charge is -2.17. The molecule has 0 fully saturated rings. The van der Waals surface area contributed by atoms with Crippen molar-refractivity contribution in [3.8, 4) is 5.75 Å². The highest BCUT2D eigenvalue weighted by molar-refractivity contribution is 5.77. The van der Waals surface area contributed by atoms with Crippen LogP contribution in [0.25, 0.3) is 0 Å². The monoisotopic (exact) mass is 292 g/mol. The van der Waals surface area contributed by atoms with E-state index in [1.165, 1.54) is 5.56 Å². The van der Waals surface area contributed by atoms with Gasteiger partial charge in [0.1, 0.15) is 5.75 Å². The van der Waals surface area contributed by atoms with Crippen LogP contribution in [0.5, 0.6) is 5.75 Å². The molecule has 118 valence electrons. The molecule has 0 saturated carbocycles. The van der Waals surface area contributed by atoms with Gasteiger partial charge in [0.15, 0.2) is 6.61 Å². The van der Waals surface area contributed by atoms with Crippen LogP contribution in [0, 0.1) is 5.92 Å². The standard InChI is InChI=1S/C17H28N2O2/c1-12(2)14(4)19-17(20)11-21-16-8-6-15(7-9-16)10-13(3)18-5/h6-9,12-14,18H,10-11H2,1-5H3,(H,19,20). The molecule has 1 amide bonds. The Morgan fingerprint density at radius 1 is 1.14 bits per heavy atom. The first kappa shape index (κ1) is 17.5. The number of carbonyl (C=O) groups excluding carboxylic acids is 1. The first-order chi connectivity index (χ1) is 9.92. The van der Waals surface area contributed by atoms with Crippen LogP contribution in [-0.4, -0.2) is 31.6 Å². The molecule has 1 aromatic carbocycles. The van der Waals surface area contributed by atoms with E-state index in [0.717, 1.165) is 12.2 Å². The Bertz CT molecular complexity index is 429. The minimum absolute atomic E-state index is 0.0589. The minimum atomic E-state index is -0.0796. The lowest BCUT2D eigenvalue weighted by molar-refractivity contribution is -0.124. The van der Waals surface area contributed by atoms with E-state index >= 15 is 0 Å². The van der Waals surface area contributed by atoms with Crippen molar-refractivity contribution in [1.82, 2.24) is 10.6 Å². The van der Waals surface area contributed by atoms with E-state index < -0.39 is 0 Å². The van der Waals surface area contributed by atoms with E-state index in [-0.39, 0.29) is 18.6 Å². The minimum Gasteiger partial charge on any atom is -0.484 e. The third-order valence-corrected chi connectivity index (χ3v) is 3.72. The Kier molecular flexibility index (Phi) is 7.23. The summed E-state index contributed by atoms with van der Waals surface area (Å²) in [5.74, 6) is 1.06. The number of hydrogen-bond donors (Lipinski definition) is 2. The fourth-order valence-electron chi connectivity index (χ4n) is 1.79. The first-order valence-electron chi connectivity index (χ1n) is 7.60. The summed E-state index contributed by atoms with van der Waals surface area (Å²) in [5.41, 5.74) is 1.25. The van der Waals surface area contributed by atoms with Crippen LogP contribution in [0.4, 0.5) is 0 Å². The predicted octanol–water partition coefficient (Wildman–Crippen LogP) is 2.38. The Balaban J connectivity index is 2.40. The van der Waals surface area contributed by atoms with E-state index in [4.69, 9.17) is 4.74 Å². The Morgan fingerprint density at radius 2 is 1.76 bits per heavy atom. The normalized spacial score (nSPS) is 13.8. The highest BCUT2D eigenvalue weighted by Crippen LogP contribution is 2.13. The zero-order chi connectivity index (χ0) is 15.8. The fourth-order valence-corrected chi connectivity index (χ4v) is 1.79. The van der Waals surface area contributed by atoms with Gasteiger partial charge >= 0.3 is 0 Å². The van der Waals surface area contributed by atoms with E-state index in [9.17, 15) is 4.79 Å². The fraction of sp³-hybridized carbons (Fsp3) is 0.588. The Hall–Kier alpha value is -1.55. The van der Waals surface area contributed by atoms with Crippen molar-refractivity contribution in [3.05, 3.63) is 29.8 Å². The molecule has 0 saturated heterocycles. The molecule has 0 aliphatic rings. The maximum atomic E-state index is 11.7. The smallest absolute Gasteiger partial charge is 0.258 e. The van der Waals surface area contributed by atoms with Gasteiger partial charge in [-0.2, -0.15) is 0 Å². The summed E-state index contributed by atoms with van der Waals surface area (Å²) in [6.07, 6.45) is 0.975. The molecule has 0 bridgehead atoms. The number of ether oxygens (including phenoxy) is 1. The summed E-state index contributed by atoms with van der Waals surface area (Å²) in [6, 6.07) is 8.51. The summed E-state index contributed by atoms with van der Waals surface area (Å²) in [7, 11) is 1.96. The summed E-state index contributed by atoms with van der Waals surface area (Å²) in [4.78, 5) is 11.7. The second kappa shape index (κ2) is 8.67. The number of hydrogen-bond acceptors (Lipinski definition) is 3. The number of amides is 1. The molecule has 1 rings (SSSR count). The van der Waals surface area contributed by atoms with Gasteiger partial charge in [-0.1, -0.05) is 26.0 Å². The van der Waals surface area contributed by atoms with Gasteiger partial charge in [-0.25, -0.2) is 0 Å². The molecule has 0 aliphatic heterocycles. The van der Waals surface area contributed by atoms with Crippen molar-refractivity contribution in [2.45, 2.75) is 46.2 Å². The Labute approximate surface area is 128 Å². The van der Waals surface area contributed by atoms with Crippen molar-refractivity contribution in [2.75, 3.05) is 13.7 Å². The molecule has 1 aromatic rings. The first-order valence-corrected chi connectivity index (χ1v) is 7.60. The quantitative estimate of drug-likeness (QED) is 0.773. The second-order valence-electron chi connectivity index (χ2n) is 5.93. The second-order valence-corrected chi connectivity index (χ2v) is 5.93. The van der Waals surface area contributed by atoms with E-state index in [1.54, 1.807) is 0 Å². The largest absolute Gasteiger partial charge is 0.484 e. The van der Waals surface area contributed by atoms with Crippen LogP contribution in [0.1, 0.15) is 33.3 Å². The summed E-state index contributed by atoms with van der Waals surface area (Å²) < 4.78 is 5.51. The molecular formula is C17H28N2O2. The molecule has 0 aliphatic carbocycles. The zero-order valence-corrected chi connectivity index (χ0v) is 13.8. The third kappa shape index (κ3) is 6.63. The number of likely N-dealkylation sites (N-methyl/N-ethyl adjacent to an activating group) is 1. The van der Waals surface area contributed by atoms with E-state index in [0.29, 0.717) is 12.0 Å². The maximum absolute atomic E-state index is 11.7. The van der Waals surface area contributed by atoms with Gasteiger partial charge in [0.2, 0.25) is 0 Å². The molecule has 2 unspecified atom stereocenters. The summed E-state index contributed by atoms with van der Waals surface area (Å²) in [5, 5.41) is 6.13. The van der Waals surface area contributed by atoms with Gasteiger partial charge in [0.05, 0.1) is 0 Å². The highest BCUT2D eigenvalue weighted by atomic mass is 16.5. The van der Waals surface area contributed by atoms with Gasteiger partial charge in [0, 0.05) is 12.1 Å². The molecule has 21 heavy (non-hydrogen) atoms. The van der Waals surface area contributed by atoms with Crippen LogP contribution < -0.4 is 15.4 Å². The van der Waals surface area contributed by atoms with Crippen molar-refractivity contribution >= 4 is 5.91 Å². The van der Waals surface area contributed by atoms with Crippen LogP contribution in [0.2, 0.25) is 0 Å². The van der Waals surface area contributed by atoms with Crippen LogP contribution in [-0.2, 0) is 11.2 Å². The lowest BCUT2D eigenvalue weighted by Crippen LogP contribution is -2.38. The lowest BCUT2D eigenvalue weighted by atomic mass is 10.1. The van der Waals surface area contributed by atoms with Crippen molar-refractivity contribution < 1.29 is 9.53 Å². The van der Waals surface area contributed by atoms with Crippen LogP contribution in [0.15, 0.2) is 24.3 Å². The van der Waals surface area contributed by atoms with Gasteiger partial charge in [-0.05, 0) is 50.9 Å². The molecule has 0 aromatic heterocycles. The van der Waals surface area contributed by atoms with E-state index in [2.05, 4.69) is 31.4 Å². The van der Waals surface area contributed by atoms with E-state index in [1.807, 2.05) is 38.2 Å². The van der Waals surface area contributed by atoms with Gasteiger partial charge < -0.3 is 15.4 Å². The molecule has 4 nitrogen and oxygen atoms in total. The number of nitrogens with one attached hydrogen (secondary N) is 2. The van der Waals surface area contributed by atoms with Gasteiger partial charge in [-0.15, -0.1) is 0 Å². The maximum Gasteiger partial charge on any atom is 0.258 e. The summed E-state index contributed by atoms with van der Waals surface area (Å²) in [6.45, 7) is 8.36. The van der Waals surface area contributed by atoms with Crippen molar-refractivity contribution in [2.24, 2.45) is 5.92 Å². The third-order valence-electron chi connectivity index (χ3n) is 3.72. The van der Waals surface area contributed by atoms with Crippen molar-refractivity contribution in [3.63, 3.8) is 0 Å². The van der Waals surface area contributed by atoms with Crippen molar-refractivity contribution in [1.29, 1.82) is 0 Å². The molecular weight excluding hydrogens is 264 g/mol. The Morgan fingerprint density at radius 3 is 2.29 bits per heavy atom. The molecule has 0 heterocycles. The molecule has 2 atom stereocenters. The molecule has 2 N–H and O–H groups in total. The van der Waals surface area contributed by atoms with Gasteiger partial charge in [0.25, 0.3) is 5.91 Å². The highest BCUT2D eigenvalue weighted by Gasteiger charge is 2.11. The van der Waals surface area contributed by atoms with Crippen LogP contribution >= 0.6 is 0 Å².